The van der Waals surface area contributed by atoms with Gasteiger partial charge >= 0.3 is 0 Å². The number of rotatable bonds is 6. The fourth-order valence-corrected chi connectivity index (χ4v) is 3.14. The molecule has 1 amide bonds. The fourth-order valence-electron chi connectivity index (χ4n) is 3.14. The Bertz CT molecular complexity index is 1140. The molecule has 4 aromatic rings. The van der Waals surface area contributed by atoms with Gasteiger partial charge in [-0.25, -0.2) is 0 Å². The highest BCUT2D eigenvalue weighted by molar-refractivity contribution is 5.94. The van der Waals surface area contributed by atoms with Gasteiger partial charge in [0.1, 0.15) is 0 Å². The number of hydrogen-bond donors (Lipinski definition) is 0. The number of hydrogen-bond acceptors (Lipinski definition) is 5. The zero-order chi connectivity index (χ0) is 20.9. The number of amides is 1. The lowest BCUT2D eigenvalue weighted by Crippen LogP contribution is -2.28. The highest BCUT2D eigenvalue weighted by atomic mass is 16.4. The standard InChI is InChI=1S/C24H22N4O2/c1-17-6-5-7-20(16-17)23-27-26-22(30-23)18-9-11-19(12-10-18)24(29)28(2)15-13-21-8-3-4-14-25-21/h3-12,14,16H,13,15H2,1-2H3. The van der Waals surface area contributed by atoms with E-state index in [1.807, 2.05) is 61.5 Å². The Balaban J connectivity index is 1.43. The van der Waals surface area contributed by atoms with E-state index in [1.165, 1.54) is 0 Å². The van der Waals surface area contributed by atoms with Crippen molar-refractivity contribution in [3.8, 4) is 22.9 Å². The Morgan fingerprint density at radius 3 is 2.40 bits per heavy atom. The Labute approximate surface area is 175 Å². The van der Waals surface area contributed by atoms with Gasteiger partial charge in [-0.05, 0) is 55.5 Å². The van der Waals surface area contributed by atoms with Gasteiger partial charge in [0.15, 0.2) is 0 Å². The van der Waals surface area contributed by atoms with Crippen LogP contribution in [0.15, 0.2) is 77.3 Å². The van der Waals surface area contributed by atoms with Gasteiger partial charge < -0.3 is 9.32 Å². The van der Waals surface area contributed by atoms with Crippen LogP contribution < -0.4 is 0 Å². The molecule has 0 saturated carbocycles. The summed E-state index contributed by atoms with van der Waals surface area (Å²) >= 11 is 0. The number of aryl methyl sites for hydroxylation is 1. The van der Waals surface area contributed by atoms with E-state index in [0.717, 1.165) is 22.4 Å². The van der Waals surface area contributed by atoms with Crippen molar-refractivity contribution in [1.29, 1.82) is 0 Å². The summed E-state index contributed by atoms with van der Waals surface area (Å²) in [6, 6.07) is 20.9. The van der Waals surface area contributed by atoms with Crippen molar-refractivity contribution >= 4 is 5.91 Å². The molecule has 2 aromatic heterocycles. The van der Waals surface area contributed by atoms with E-state index in [4.69, 9.17) is 4.42 Å². The summed E-state index contributed by atoms with van der Waals surface area (Å²) in [6.45, 7) is 2.62. The van der Waals surface area contributed by atoms with E-state index in [9.17, 15) is 4.79 Å². The zero-order valence-electron chi connectivity index (χ0n) is 16.9. The minimum Gasteiger partial charge on any atom is -0.416 e. The van der Waals surface area contributed by atoms with E-state index in [2.05, 4.69) is 15.2 Å². The molecule has 0 aliphatic rings. The summed E-state index contributed by atoms with van der Waals surface area (Å²) < 4.78 is 5.82. The van der Waals surface area contributed by atoms with Gasteiger partial charge in [-0.15, -0.1) is 10.2 Å². The molecule has 0 bridgehead atoms. The first-order valence-electron chi connectivity index (χ1n) is 9.76. The van der Waals surface area contributed by atoms with Crippen molar-refractivity contribution in [2.24, 2.45) is 0 Å². The van der Waals surface area contributed by atoms with Crippen molar-refractivity contribution < 1.29 is 9.21 Å². The molecule has 30 heavy (non-hydrogen) atoms. The predicted octanol–water partition coefficient (Wildman–Crippen LogP) is 4.42. The monoisotopic (exact) mass is 398 g/mol. The third-order valence-corrected chi connectivity index (χ3v) is 4.85. The fraction of sp³-hybridized carbons (Fsp3) is 0.167. The van der Waals surface area contributed by atoms with Crippen molar-refractivity contribution in [1.82, 2.24) is 20.1 Å². The SMILES string of the molecule is Cc1cccc(-c2nnc(-c3ccc(C(=O)N(C)CCc4ccccn4)cc3)o2)c1. The minimum atomic E-state index is -0.0385. The molecule has 2 heterocycles. The summed E-state index contributed by atoms with van der Waals surface area (Å²) in [5.74, 6) is 0.862. The average Bonchev–Trinajstić information content (AvgIpc) is 3.28. The van der Waals surface area contributed by atoms with Crippen LogP contribution in [0.3, 0.4) is 0 Å². The number of aromatic nitrogens is 3. The lowest BCUT2D eigenvalue weighted by Gasteiger charge is -2.17. The number of likely N-dealkylation sites (N-methyl/N-ethyl adjacent to an activating group) is 1. The predicted molar refractivity (Wildman–Crippen MR) is 115 cm³/mol. The molecule has 0 N–H and O–H groups in total. The maximum absolute atomic E-state index is 12.7. The maximum Gasteiger partial charge on any atom is 0.253 e. The number of nitrogens with zero attached hydrogens (tertiary/aromatic N) is 4. The van der Waals surface area contributed by atoms with Crippen LogP contribution in [-0.2, 0) is 6.42 Å². The lowest BCUT2D eigenvalue weighted by molar-refractivity contribution is 0.0796. The summed E-state index contributed by atoms with van der Waals surface area (Å²) in [5, 5.41) is 8.29. The third-order valence-electron chi connectivity index (χ3n) is 4.85. The first-order chi connectivity index (χ1) is 14.6. The molecule has 0 aliphatic heterocycles. The summed E-state index contributed by atoms with van der Waals surface area (Å²) in [5.41, 5.74) is 4.36. The molecule has 0 spiro atoms. The number of benzene rings is 2. The third kappa shape index (κ3) is 4.43. The lowest BCUT2D eigenvalue weighted by atomic mass is 10.1. The second-order valence-electron chi connectivity index (χ2n) is 7.16. The van der Waals surface area contributed by atoms with Crippen LogP contribution in [0.25, 0.3) is 22.9 Å². The van der Waals surface area contributed by atoms with E-state index >= 15 is 0 Å². The van der Waals surface area contributed by atoms with Crippen molar-refractivity contribution in [2.45, 2.75) is 13.3 Å². The van der Waals surface area contributed by atoms with Crippen LogP contribution in [0, 0.1) is 6.92 Å². The highest BCUT2D eigenvalue weighted by Gasteiger charge is 2.14. The molecule has 0 saturated heterocycles. The molecule has 0 unspecified atom stereocenters. The van der Waals surface area contributed by atoms with Crippen molar-refractivity contribution in [2.75, 3.05) is 13.6 Å². The average molecular weight is 398 g/mol. The van der Waals surface area contributed by atoms with E-state index in [1.54, 1.807) is 30.3 Å². The first kappa shape index (κ1) is 19.5. The van der Waals surface area contributed by atoms with Gasteiger partial charge in [0, 0.05) is 48.6 Å². The molecule has 0 aliphatic carbocycles. The van der Waals surface area contributed by atoms with Crippen LogP contribution in [0.4, 0.5) is 0 Å². The topological polar surface area (TPSA) is 72.1 Å². The Morgan fingerprint density at radius 2 is 1.70 bits per heavy atom. The summed E-state index contributed by atoms with van der Waals surface area (Å²) in [4.78, 5) is 18.7. The van der Waals surface area contributed by atoms with E-state index in [0.29, 0.717) is 30.3 Å². The molecular weight excluding hydrogens is 376 g/mol. The van der Waals surface area contributed by atoms with Gasteiger partial charge in [0.2, 0.25) is 11.8 Å². The molecule has 6 heteroatoms. The quantitative estimate of drug-likeness (QED) is 0.481. The van der Waals surface area contributed by atoms with Crippen LogP contribution in [-0.4, -0.2) is 39.6 Å². The summed E-state index contributed by atoms with van der Waals surface area (Å²) in [6.07, 6.45) is 2.47. The molecule has 0 atom stereocenters. The number of carbonyl (C=O) groups is 1. The van der Waals surface area contributed by atoms with Crippen molar-refractivity contribution in [3.63, 3.8) is 0 Å². The van der Waals surface area contributed by atoms with Gasteiger partial charge in [-0.1, -0.05) is 23.8 Å². The zero-order valence-corrected chi connectivity index (χ0v) is 16.9. The highest BCUT2D eigenvalue weighted by Crippen LogP contribution is 2.24. The molecule has 6 nitrogen and oxygen atoms in total. The molecule has 0 fully saturated rings. The molecule has 4 rings (SSSR count). The second-order valence-corrected chi connectivity index (χ2v) is 7.16. The van der Waals surface area contributed by atoms with Crippen LogP contribution >= 0.6 is 0 Å². The minimum absolute atomic E-state index is 0.0385. The van der Waals surface area contributed by atoms with Gasteiger partial charge in [0.25, 0.3) is 5.91 Å². The Hall–Kier alpha value is -3.80. The Morgan fingerprint density at radius 1 is 0.933 bits per heavy atom. The van der Waals surface area contributed by atoms with Crippen molar-refractivity contribution in [3.05, 3.63) is 89.7 Å². The van der Waals surface area contributed by atoms with Gasteiger partial charge in [-0.2, -0.15) is 0 Å². The maximum atomic E-state index is 12.7. The molecule has 2 aromatic carbocycles. The van der Waals surface area contributed by atoms with Gasteiger partial charge in [-0.3, -0.25) is 9.78 Å². The number of pyridine rings is 1. The van der Waals surface area contributed by atoms with Crippen LogP contribution in [0.5, 0.6) is 0 Å². The normalized spacial score (nSPS) is 10.7. The van der Waals surface area contributed by atoms with E-state index < -0.39 is 0 Å². The number of carbonyl (C=O) groups excluding carboxylic acids is 1. The van der Waals surface area contributed by atoms with Gasteiger partial charge in [0.05, 0.1) is 0 Å². The molecule has 0 radical (unpaired) electrons. The molecule has 150 valence electrons. The van der Waals surface area contributed by atoms with Crippen LogP contribution in [0.2, 0.25) is 0 Å². The smallest absolute Gasteiger partial charge is 0.253 e. The Kier molecular flexibility index (Phi) is 5.66. The molecular formula is C24H22N4O2. The van der Waals surface area contributed by atoms with Crippen LogP contribution in [0.1, 0.15) is 21.6 Å². The summed E-state index contributed by atoms with van der Waals surface area (Å²) in [7, 11) is 1.80. The second kappa shape index (κ2) is 8.69. The first-order valence-corrected chi connectivity index (χ1v) is 9.76. The largest absolute Gasteiger partial charge is 0.416 e. The van der Waals surface area contributed by atoms with E-state index in [-0.39, 0.29) is 5.91 Å².